The zero-order valence-corrected chi connectivity index (χ0v) is 20.8. The van der Waals surface area contributed by atoms with Crippen molar-refractivity contribution >= 4 is 34.7 Å². The smallest absolute Gasteiger partial charge is 0.262 e. The largest absolute Gasteiger partial charge is 0.493 e. The van der Waals surface area contributed by atoms with Crippen LogP contribution in [0.4, 0.5) is 28.8 Å². The number of nitrogens with zero attached hydrogens (tertiary/aromatic N) is 4. The number of carbonyl (C=O) groups is 1. The van der Waals surface area contributed by atoms with Gasteiger partial charge in [-0.05, 0) is 56.6 Å². The Bertz CT molecular complexity index is 1230. The van der Waals surface area contributed by atoms with Gasteiger partial charge in [-0.3, -0.25) is 4.79 Å². The monoisotopic (exact) mass is 505 g/mol. The molecule has 1 fully saturated rings. The van der Waals surface area contributed by atoms with E-state index in [1.807, 2.05) is 18.2 Å². The fourth-order valence-corrected chi connectivity index (χ4v) is 4.33. The highest BCUT2D eigenvalue weighted by Gasteiger charge is 2.17. The van der Waals surface area contributed by atoms with E-state index in [-0.39, 0.29) is 12.5 Å². The number of pyridine rings is 1. The Morgan fingerprint density at radius 3 is 2.81 bits per heavy atom. The van der Waals surface area contributed by atoms with Gasteiger partial charge in [0, 0.05) is 24.5 Å². The van der Waals surface area contributed by atoms with Crippen molar-refractivity contribution < 1.29 is 19.0 Å². The van der Waals surface area contributed by atoms with Gasteiger partial charge in [-0.15, -0.1) is 0 Å². The molecule has 2 aromatic heterocycles. The van der Waals surface area contributed by atoms with E-state index in [1.165, 1.54) is 32.4 Å². The Hall–Kier alpha value is -4.12. The molecule has 2 aliphatic heterocycles. The molecule has 2 aliphatic rings. The number of methoxy groups -OCH3 is 1. The molecule has 0 bridgehead atoms. The predicted octanol–water partition coefficient (Wildman–Crippen LogP) is 3.95. The Morgan fingerprint density at radius 2 is 1.95 bits per heavy atom. The Kier molecular flexibility index (Phi) is 7.80. The number of nitrogens with one attached hydrogen (secondary N) is 3. The number of carbonyl (C=O) groups excluding carboxylic acids is 1. The SMILES string of the molecule is COc1cc(Nc2nccc(Nc3cnc4c(c3)NC(=O)CO4)n2)ccc1OCCCN1CCCCC1. The Labute approximate surface area is 215 Å². The molecule has 3 aromatic rings. The molecule has 1 amide bonds. The first-order chi connectivity index (χ1) is 18.2. The second-order valence-electron chi connectivity index (χ2n) is 8.90. The van der Waals surface area contributed by atoms with Crippen molar-refractivity contribution in [1.82, 2.24) is 19.9 Å². The van der Waals surface area contributed by atoms with Crippen molar-refractivity contribution in [3.8, 4) is 17.4 Å². The zero-order chi connectivity index (χ0) is 25.5. The Balaban J connectivity index is 1.18. The number of fused-ring (bicyclic) bond motifs is 1. The third-order valence-electron chi connectivity index (χ3n) is 6.14. The summed E-state index contributed by atoms with van der Waals surface area (Å²) in [5, 5.41) is 9.11. The van der Waals surface area contributed by atoms with E-state index in [4.69, 9.17) is 14.2 Å². The van der Waals surface area contributed by atoms with Crippen LogP contribution in [0.25, 0.3) is 0 Å². The average Bonchev–Trinajstić information content (AvgIpc) is 2.92. The van der Waals surface area contributed by atoms with Crippen LogP contribution in [0.3, 0.4) is 0 Å². The van der Waals surface area contributed by atoms with Gasteiger partial charge in [0.2, 0.25) is 11.8 Å². The summed E-state index contributed by atoms with van der Waals surface area (Å²) in [6, 6.07) is 9.13. The van der Waals surface area contributed by atoms with Gasteiger partial charge in [0.05, 0.1) is 25.6 Å². The third-order valence-corrected chi connectivity index (χ3v) is 6.14. The second-order valence-corrected chi connectivity index (χ2v) is 8.90. The lowest BCUT2D eigenvalue weighted by atomic mass is 10.1. The molecule has 0 aliphatic carbocycles. The highest BCUT2D eigenvalue weighted by Crippen LogP contribution is 2.32. The molecule has 194 valence electrons. The number of hydrogen-bond donors (Lipinski definition) is 3. The van der Waals surface area contributed by atoms with Crippen molar-refractivity contribution in [1.29, 1.82) is 0 Å². The topological polar surface area (TPSA) is 123 Å². The predicted molar refractivity (Wildman–Crippen MR) is 140 cm³/mol. The van der Waals surface area contributed by atoms with Crippen LogP contribution in [0.15, 0.2) is 42.7 Å². The third kappa shape index (κ3) is 6.56. The minimum absolute atomic E-state index is 0.0374. The van der Waals surface area contributed by atoms with Crippen molar-refractivity contribution in [2.24, 2.45) is 0 Å². The van der Waals surface area contributed by atoms with Crippen LogP contribution < -0.4 is 30.2 Å². The van der Waals surface area contributed by atoms with Crippen molar-refractivity contribution in [2.45, 2.75) is 25.7 Å². The lowest BCUT2D eigenvalue weighted by Gasteiger charge is -2.26. The number of rotatable bonds is 10. The number of piperidine rings is 1. The fraction of sp³-hybridized carbons (Fsp3) is 0.385. The standard InChI is InChI=1S/C26H31N7O4/c1-35-22-15-18(6-7-21(22)36-13-5-12-33-10-3-2-4-11-33)30-26-27-9-8-23(32-26)29-19-14-20-25(28-16-19)37-17-24(34)31-20/h6-9,14-16H,2-5,10-13,17H2,1H3,(H,31,34)(H2,27,29,30,32). The minimum atomic E-state index is -0.218. The van der Waals surface area contributed by atoms with Crippen molar-refractivity contribution in [2.75, 3.05) is 55.9 Å². The van der Waals surface area contributed by atoms with E-state index in [0.717, 1.165) is 18.7 Å². The number of ether oxygens (including phenoxy) is 3. The maximum atomic E-state index is 11.6. The maximum Gasteiger partial charge on any atom is 0.262 e. The molecule has 5 rings (SSSR count). The number of aromatic nitrogens is 3. The fourth-order valence-electron chi connectivity index (χ4n) is 4.33. The summed E-state index contributed by atoms with van der Waals surface area (Å²) in [6.45, 7) is 4.06. The van der Waals surface area contributed by atoms with Gasteiger partial charge < -0.3 is 35.1 Å². The molecule has 3 N–H and O–H groups in total. The van der Waals surface area contributed by atoms with Crippen LogP contribution in [-0.4, -0.2) is 65.7 Å². The summed E-state index contributed by atoms with van der Waals surface area (Å²) in [4.78, 5) is 27.1. The summed E-state index contributed by atoms with van der Waals surface area (Å²) in [5.74, 6) is 2.48. The number of likely N-dealkylation sites (tertiary alicyclic amines) is 1. The molecule has 11 nitrogen and oxygen atoms in total. The van der Waals surface area contributed by atoms with Gasteiger partial charge in [0.15, 0.2) is 18.1 Å². The first kappa shape index (κ1) is 24.6. The van der Waals surface area contributed by atoms with Crippen molar-refractivity contribution in [3.63, 3.8) is 0 Å². The van der Waals surface area contributed by atoms with E-state index in [2.05, 4.69) is 35.8 Å². The van der Waals surface area contributed by atoms with E-state index < -0.39 is 0 Å². The molecule has 11 heteroatoms. The number of amides is 1. The molecule has 0 saturated carbocycles. The molecule has 37 heavy (non-hydrogen) atoms. The second kappa shape index (κ2) is 11.7. The zero-order valence-electron chi connectivity index (χ0n) is 20.8. The molecule has 1 saturated heterocycles. The molecule has 0 unspecified atom stereocenters. The van der Waals surface area contributed by atoms with Gasteiger partial charge in [0.25, 0.3) is 5.91 Å². The van der Waals surface area contributed by atoms with Crippen LogP contribution in [-0.2, 0) is 4.79 Å². The van der Waals surface area contributed by atoms with Gasteiger partial charge in [-0.25, -0.2) is 9.97 Å². The van der Waals surface area contributed by atoms with Gasteiger partial charge in [-0.2, -0.15) is 4.98 Å². The summed E-state index contributed by atoms with van der Waals surface area (Å²) >= 11 is 0. The van der Waals surface area contributed by atoms with E-state index >= 15 is 0 Å². The summed E-state index contributed by atoms with van der Waals surface area (Å²) in [7, 11) is 1.63. The number of hydrogen-bond acceptors (Lipinski definition) is 10. The molecule has 0 radical (unpaired) electrons. The lowest BCUT2D eigenvalue weighted by Crippen LogP contribution is -2.31. The van der Waals surface area contributed by atoms with Gasteiger partial charge in [0.1, 0.15) is 11.5 Å². The summed E-state index contributed by atoms with van der Waals surface area (Å²) in [6.07, 6.45) is 8.18. The first-order valence-electron chi connectivity index (χ1n) is 12.5. The number of benzene rings is 1. The summed E-state index contributed by atoms with van der Waals surface area (Å²) < 4.78 is 16.8. The molecule has 4 heterocycles. The molecule has 1 aromatic carbocycles. The Morgan fingerprint density at radius 1 is 1.05 bits per heavy atom. The number of anilines is 5. The van der Waals surface area contributed by atoms with Crippen LogP contribution in [0.5, 0.6) is 17.4 Å². The average molecular weight is 506 g/mol. The van der Waals surface area contributed by atoms with Crippen molar-refractivity contribution in [3.05, 3.63) is 42.7 Å². The normalized spacial score (nSPS) is 15.2. The molecular formula is C26H31N7O4. The molecule has 0 spiro atoms. The van der Waals surface area contributed by atoms with Gasteiger partial charge in [-0.1, -0.05) is 6.42 Å². The van der Waals surface area contributed by atoms with E-state index in [1.54, 1.807) is 31.6 Å². The van der Waals surface area contributed by atoms with E-state index in [9.17, 15) is 4.79 Å². The van der Waals surface area contributed by atoms with Crippen LogP contribution in [0, 0.1) is 0 Å². The highest BCUT2D eigenvalue weighted by molar-refractivity contribution is 5.95. The van der Waals surface area contributed by atoms with Crippen LogP contribution in [0.2, 0.25) is 0 Å². The van der Waals surface area contributed by atoms with Crippen LogP contribution in [0.1, 0.15) is 25.7 Å². The minimum Gasteiger partial charge on any atom is -0.493 e. The van der Waals surface area contributed by atoms with E-state index in [0.29, 0.717) is 47.1 Å². The molecular weight excluding hydrogens is 474 g/mol. The lowest BCUT2D eigenvalue weighted by molar-refractivity contribution is -0.118. The summed E-state index contributed by atoms with van der Waals surface area (Å²) in [5.41, 5.74) is 1.93. The quantitative estimate of drug-likeness (QED) is 0.349. The molecule has 0 atom stereocenters. The highest BCUT2D eigenvalue weighted by atomic mass is 16.5. The maximum absolute atomic E-state index is 11.6. The first-order valence-corrected chi connectivity index (χ1v) is 12.5. The van der Waals surface area contributed by atoms with Crippen LogP contribution >= 0.6 is 0 Å². The van der Waals surface area contributed by atoms with Gasteiger partial charge >= 0.3 is 0 Å².